The third-order valence-electron chi connectivity index (χ3n) is 4.36. The molecule has 1 heterocycles. The molecule has 8 heteroatoms. The SMILES string of the molecule is C=CCNC(=O)c1ccccc1NS(=O)(=O)c1ccc(N2CCCC2=O)cc1. The first-order valence-electron chi connectivity index (χ1n) is 8.84. The molecule has 3 rings (SSSR count). The summed E-state index contributed by atoms with van der Waals surface area (Å²) in [6.07, 6.45) is 2.84. The molecule has 0 atom stereocenters. The second kappa shape index (κ2) is 8.26. The highest BCUT2D eigenvalue weighted by atomic mass is 32.2. The van der Waals surface area contributed by atoms with Crippen molar-refractivity contribution < 1.29 is 18.0 Å². The second-order valence-electron chi connectivity index (χ2n) is 6.29. The average molecular weight is 399 g/mol. The standard InChI is InChI=1S/C20H21N3O4S/c1-2-13-21-20(25)17-6-3-4-7-18(17)22-28(26,27)16-11-9-15(10-12-16)23-14-5-8-19(23)24/h2-4,6-7,9-12,22H,1,5,8,13-14H2,(H,21,25). The van der Waals surface area contributed by atoms with E-state index in [1.807, 2.05) is 0 Å². The van der Waals surface area contributed by atoms with Crippen LogP contribution in [0.3, 0.4) is 0 Å². The maximum absolute atomic E-state index is 12.7. The fourth-order valence-electron chi connectivity index (χ4n) is 2.96. The third kappa shape index (κ3) is 4.23. The Kier molecular flexibility index (Phi) is 5.79. The van der Waals surface area contributed by atoms with Gasteiger partial charge >= 0.3 is 0 Å². The molecule has 2 aromatic rings. The topological polar surface area (TPSA) is 95.6 Å². The van der Waals surface area contributed by atoms with E-state index in [4.69, 9.17) is 0 Å². The molecule has 0 spiro atoms. The van der Waals surface area contributed by atoms with Gasteiger partial charge in [0.25, 0.3) is 15.9 Å². The molecular weight excluding hydrogens is 378 g/mol. The van der Waals surface area contributed by atoms with E-state index in [-0.39, 0.29) is 28.6 Å². The van der Waals surface area contributed by atoms with Crippen LogP contribution in [0.4, 0.5) is 11.4 Å². The Morgan fingerprint density at radius 2 is 1.86 bits per heavy atom. The predicted octanol–water partition coefficient (Wildman–Crippen LogP) is 2.53. The lowest BCUT2D eigenvalue weighted by Gasteiger charge is -2.16. The summed E-state index contributed by atoms with van der Waals surface area (Å²) in [5.74, 6) is -0.366. The van der Waals surface area contributed by atoms with Crippen molar-refractivity contribution in [2.45, 2.75) is 17.7 Å². The molecular formula is C20H21N3O4S. The highest BCUT2D eigenvalue weighted by Gasteiger charge is 2.23. The maximum atomic E-state index is 12.7. The molecule has 0 aromatic heterocycles. The second-order valence-corrected chi connectivity index (χ2v) is 7.98. The summed E-state index contributed by atoms with van der Waals surface area (Å²) in [5.41, 5.74) is 1.07. The number of carbonyl (C=O) groups is 2. The summed E-state index contributed by atoms with van der Waals surface area (Å²) in [5, 5.41) is 2.63. The number of nitrogens with one attached hydrogen (secondary N) is 2. The van der Waals surface area contributed by atoms with Gasteiger partial charge in [-0.1, -0.05) is 18.2 Å². The van der Waals surface area contributed by atoms with E-state index < -0.39 is 15.9 Å². The first-order chi connectivity index (χ1) is 13.4. The molecule has 0 bridgehead atoms. The lowest BCUT2D eigenvalue weighted by atomic mass is 10.1. The molecule has 2 aromatic carbocycles. The first-order valence-corrected chi connectivity index (χ1v) is 10.3. The minimum Gasteiger partial charge on any atom is -0.349 e. The Bertz CT molecular complexity index is 1000. The fourth-order valence-corrected chi connectivity index (χ4v) is 4.04. The van der Waals surface area contributed by atoms with Gasteiger partial charge in [0.15, 0.2) is 0 Å². The molecule has 1 aliphatic rings. The van der Waals surface area contributed by atoms with Crippen LogP contribution >= 0.6 is 0 Å². The fraction of sp³-hybridized carbons (Fsp3) is 0.200. The van der Waals surface area contributed by atoms with Crippen molar-refractivity contribution in [3.63, 3.8) is 0 Å². The van der Waals surface area contributed by atoms with Gasteiger partial charge in [-0.15, -0.1) is 6.58 Å². The van der Waals surface area contributed by atoms with E-state index in [1.54, 1.807) is 35.2 Å². The smallest absolute Gasteiger partial charge is 0.261 e. The number of sulfonamides is 1. The van der Waals surface area contributed by atoms with Gasteiger partial charge in [-0.2, -0.15) is 0 Å². The Hall–Kier alpha value is -3.13. The molecule has 0 aliphatic carbocycles. The largest absolute Gasteiger partial charge is 0.349 e. The summed E-state index contributed by atoms with van der Waals surface area (Å²) in [6.45, 7) is 4.45. The van der Waals surface area contributed by atoms with Gasteiger partial charge in [-0.3, -0.25) is 14.3 Å². The zero-order valence-corrected chi connectivity index (χ0v) is 16.0. The lowest BCUT2D eigenvalue weighted by Crippen LogP contribution is -2.25. The van der Waals surface area contributed by atoms with Crippen LogP contribution < -0.4 is 14.9 Å². The number of para-hydroxylation sites is 1. The van der Waals surface area contributed by atoms with Crippen molar-refractivity contribution in [1.82, 2.24) is 5.32 Å². The number of benzene rings is 2. The Morgan fingerprint density at radius 1 is 1.14 bits per heavy atom. The van der Waals surface area contributed by atoms with Crippen LogP contribution in [0.1, 0.15) is 23.2 Å². The minimum absolute atomic E-state index is 0.0354. The number of rotatable bonds is 7. The van der Waals surface area contributed by atoms with Gasteiger partial charge < -0.3 is 10.2 Å². The van der Waals surface area contributed by atoms with Crippen molar-refractivity contribution in [2.75, 3.05) is 22.7 Å². The summed E-state index contributed by atoms with van der Waals surface area (Å²) >= 11 is 0. The number of amides is 2. The normalized spacial score (nSPS) is 14.0. The molecule has 2 amide bonds. The van der Waals surface area contributed by atoms with Crippen LogP contribution in [0.5, 0.6) is 0 Å². The highest BCUT2D eigenvalue weighted by Crippen LogP contribution is 2.25. The molecule has 0 radical (unpaired) electrons. The molecule has 0 unspecified atom stereocenters. The van der Waals surface area contributed by atoms with Crippen molar-refractivity contribution in [3.8, 4) is 0 Å². The van der Waals surface area contributed by atoms with Crippen molar-refractivity contribution in [2.24, 2.45) is 0 Å². The van der Waals surface area contributed by atoms with Crippen molar-refractivity contribution >= 4 is 33.2 Å². The summed E-state index contributed by atoms with van der Waals surface area (Å²) in [7, 11) is -3.90. The Balaban J connectivity index is 1.82. The first kappa shape index (κ1) is 19.6. The van der Waals surface area contributed by atoms with Crippen LogP contribution in [0.15, 0.2) is 66.1 Å². The van der Waals surface area contributed by atoms with Gasteiger partial charge in [0.1, 0.15) is 0 Å². The number of nitrogens with zero attached hydrogens (tertiary/aromatic N) is 1. The number of hydrogen-bond acceptors (Lipinski definition) is 4. The molecule has 1 fully saturated rings. The number of anilines is 2. The summed E-state index contributed by atoms with van der Waals surface area (Å²) < 4.78 is 28.0. The molecule has 28 heavy (non-hydrogen) atoms. The quantitative estimate of drug-likeness (QED) is 0.700. The molecule has 1 saturated heterocycles. The van der Waals surface area contributed by atoms with E-state index in [2.05, 4.69) is 16.6 Å². The van der Waals surface area contributed by atoms with Gasteiger partial charge in [0.05, 0.1) is 16.1 Å². The van der Waals surface area contributed by atoms with E-state index in [0.29, 0.717) is 18.7 Å². The minimum atomic E-state index is -3.90. The summed E-state index contributed by atoms with van der Waals surface area (Å²) in [4.78, 5) is 25.8. The maximum Gasteiger partial charge on any atom is 0.261 e. The highest BCUT2D eigenvalue weighted by molar-refractivity contribution is 7.92. The predicted molar refractivity (Wildman–Crippen MR) is 108 cm³/mol. The van der Waals surface area contributed by atoms with Crippen LogP contribution in [-0.4, -0.2) is 33.3 Å². The Morgan fingerprint density at radius 3 is 2.50 bits per heavy atom. The molecule has 0 saturated carbocycles. The van der Waals surface area contributed by atoms with Gasteiger partial charge in [-0.25, -0.2) is 8.42 Å². The van der Waals surface area contributed by atoms with Crippen molar-refractivity contribution in [1.29, 1.82) is 0 Å². The van der Waals surface area contributed by atoms with Crippen LogP contribution in [0, 0.1) is 0 Å². The Labute approximate surface area is 164 Å². The number of hydrogen-bond donors (Lipinski definition) is 2. The van der Waals surface area contributed by atoms with Gasteiger partial charge in [-0.05, 0) is 42.8 Å². The van der Waals surface area contributed by atoms with E-state index >= 15 is 0 Å². The van der Waals surface area contributed by atoms with Crippen LogP contribution in [-0.2, 0) is 14.8 Å². The molecule has 7 nitrogen and oxygen atoms in total. The van der Waals surface area contributed by atoms with Gasteiger partial charge in [0.2, 0.25) is 5.91 Å². The zero-order chi connectivity index (χ0) is 20.1. The monoisotopic (exact) mass is 399 g/mol. The average Bonchev–Trinajstić information content (AvgIpc) is 3.12. The van der Waals surface area contributed by atoms with Crippen molar-refractivity contribution in [3.05, 3.63) is 66.7 Å². The zero-order valence-electron chi connectivity index (χ0n) is 15.2. The lowest BCUT2D eigenvalue weighted by molar-refractivity contribution is -0.117. The van der Waals surface area contributed by atoms with Crippen LogP contribution in [0.2, 0.25) is 0 Å². The van der Waals surface area contributed by atoms with Gasteiger partial charge in [0, 0.05) is 25.2 Å². The molecule has 146 valence electrons. The van der Waals surface area contributed by atoms with Crippen LogP contribution in [0.25, 0.3) is 0 Å². The number of carbonyl (C=O) groups excluding carboxylic acids is 2. The molecule has 2 N–H and O–H groups in total. The summed E-state index contributed by atoms with van der Waals surface area (Å²) in [6, 6.07) is 12.5. The van der Waals surface area contributed by atoms with E-state index in [1.165, 1.54) is 24.3 Å². The van der Waals surface area contributed by atoms with E-state index in [0.717, 1.165) is 6.42 Å². The van der Waals surface area contributed by atoms with E-state index in [9.17, 15) is 18.0 Å². The third-order valence-corrected chi connectivity index (χ3v) is 5.74. The molecule has 1 aliphatic heterocycles.